The van der Waals surface area contributed by atoms with Gasteiger partial charge in [0.05, 0.1) is 16.6 Å². The van der Waals surface area contributed by atoms with E-state index < -0.39 is 17.7 Å². The number of aryl methyl sites for hydroxylation is 1. The topological polar surface area (TPSA) is 51.8 Å². The fourth-order valence-corrected chi connectivity index (χ4v) is 2.05. The minimum atomic E-state index is -0.900. The number of rotatable bonds is 2. The fourth-order valence-electron chi connectivity index (χ4n) is 1.38. The summed E-state index contributed by atoms with van der Waals surface area (Å²) in [7, 11) is 0. The van der Waals surface area contributed by atoms with E-state index in [1.807, 2.05) is 0 Å². The molecule has 0 aliphatic heterocycles. The lowest BCUT2D eigenvalue weighted by atomic mass is 10.1. The minimum absolute atomic E-state index is 0.507. The Kier molecular flexibility index (Phi) is 2.93. The van der Waals surface area contributed by atoms with Gasteiger partial charge >= 0.3 is 0 Å². The molecule has 2 aromatic rings. The summed E-state index contributed by atoms with van der Waals surface area (Å²) < 4.78 is 29.5. The molecular weight excluding hydrogens is 232 g/mol. The molecule has 0 amide bonds. The van der Waals surface area contributed by atoms with Crippen LogP contribution in [0.4, 0.5) is 8.78 Å². The molecule has 0 fully saturated rings. The Hall–Kier alpha value is -1.40. The van der Waals surface area contributed by atoms with Crippen LogP contribution in [0.15, 0.2) is 18.2 Å². The van der Waals surface area contributed by atoms with Crippen molar-refractivity contribution in [3.8, 4) is 0 Å². The quantitative estimate of drug-likeness (QED) is 0.876. The van der Waals surface area contributed by atoms with Gasteiger partial charge in [-0.25, -0.2) is 8.78 Å². The summed E-state index contributed by atoms with van der Waals surface area (Å²) in [5, 5.41) is 3.82. The SMILES string of the molecule is Cc1nnsc1C(N)c1ccc(F)c(F)c1. The molecule has 2 rings (SSSR count). The monoisotopic (exact) mass is 241 g/mol. The lowest BCUT2D eigenvalue weighted by molar-refractivity contribution is 0.506. The maximum atomic E-state index is 13.0. The van der Waals surface area contributed by atoms with E-state index in [1.54, 1.807) is 6.92 Å². The molecule has 16 heavy (non-hydrogen) atoms. The van der Waals surface area contributed by atoms with Gasteiger partial charge in [-0.1, -0.05) is 10.6 Å². The highest BCUT2D eigenvalue weighted by Crippen LogP contribution is 2.25. The van der Waals surface area contributed by atoms with Crippen LogP contribution in [0, 0.1) is 18.6 Å². The molecule has 0 saturated heterocycles. The Balaban J connectivity index is 2.38. The van der Waals surface area contributed by atoms with Gasteiger partial charge in [0, 0.05) is 0 Å². The van der Waals surface area contributed by atoms with Crippen molar-refractivity contribution in [3.05, 3.63) is 46.0 Å². The third-order valence-corrected chi connectivity index (χ3v) is 3.18. The van der Waals surface area contributed by atoms with Crippen molar-refractivity contribution in [2.45, 2.75) is 13.0 Å². The normalized spacial score (nSPS) is 12.8. The molecule has 1 heterocycles. The smallest absolute Gasteiger partial charge is 0.159 e. The number of hydrogen-bond donors (Lipinski definition) is 1. The highest BCUT2D eigenvalue weighted by atomic mass is 32.1. The van der Waals surface area contributed by atoms with E-state index in [1.165, 1.54) is 6.07 Å². The fraction of sp³-hybridized carbons (Fsp3) is 0.200. The van der Waals surface area contributed by atoms with E-state index in [9.17, 15) is 8.78 Å². The average molecular weight is 241 g/mol. The average Bonchev–Trinajstić information content (AvgIpc) is 2.67. The second-order valence-electron chi connectivity index (χ2n) is 3.37. The van der Waals surface area contributed by atoms with Gasteiger partial charge in [0.2, 0.25) is 0 Å². The second kappa shape index (κ2) is 4.23. The largest absolute Gasteiger partial charge is 0.319 e. The van der Waals surface area contributed by atoms with Gasteiger partial charge in [0.15, 0.2) is 11.6 Å². The number of hydrogen-bond acceptors (Lipinski definition) is 4. The van der Waals surface area contributed by atoms with E-state index in [0.29, 0.717) is 11.3 Å². The van der Waals surface area contributed by atoms with E-state index in [2.05, 4.69) is 9.59 Å². The van der Waals surface area contributed by atoms with Crippen molar-refractivity contribution in [3.63, 3.8) is 0 Å². The van der Waals surface area contributed by atoms with E-state index >= 15 is 0 Å². The molecule has 1 aromatic carbocycles. The summed E-state index contributed by atoms with van der Waals surface area (Å²) in [5.41, 5.74) is 7.14. The van der Waals surface area contributed by atoms with E-state index in [0.717, 1.165) is 28.5 Å². The molecule has 84 valence electrons. The molecule has 0 radical (unpaired) electrons. The summed E-state index contributed by atoms with van der Waals surface area (Å²) in [4.78, 5) is 0.756. The number of benzene rings is 1. The highest BCUT2D eigenvalue weighted by Gasteiger charge is 2.16. The van der Waals surface area contributed by atoms with Crippen LogP contribution in [0.25, 0.3) is 0 Å². The van der Waals surface area contributed by atoms with Gasteiger partial charge in [-0.15, -0.1) is 5.10 Å². The van der Waals surface area contributed by atoms with Gasteiger partial charge < -0.3 is 5.73 Å². The van der Waals surface area contributed by atoms with Crippen LogP contribution < -0.4 is 5.73 Å². The van der Waals surface area contributed by atoms with Gasteiger partial charge in [0.1, 0.15) is 0 Å². The second-order valence-corrected chi connectivity index (χ2v) is 4.16. The number of nitrogens with zero attached hydrogens (tertiary/aromatic N) is 2. The first kappa shape index (κ1) is 11.1. The van der Waals surface area contributed by atoms with Gasteiger partial charge in [-0.2, -0.15) is 0 Å². The van der Waals surface area contributed by atoms with E-state index in [4.69, 9.17) is 5.73 Å². The first-order chi connectivity index (χ1) is 7.59. The summed E-state index contributed by atoms with van der Waals surface area (Å²) in [6, 6.07) is 3.10. The molecule has 1 unspecified atom stereocenters. The molecule has 0 spiro atoms. The van der Waals surface area contributed by atoms with Gasteiger partial charge in [-0.05, 0) is 36.2 Å². The standard InChI is InChI=1S/C10H9F2N3S/c1-5-10(16-15-14-5)9(13)6-2-3-7(11)8(12)4-6/h2-4,9H,13H2,1H3. The highest BCUT2D eigenvalue weighted by molar-refractivity contribution is 7.05. The van der Waals surface area contributed by atoms with Gasteiger partial charge in [0.25, 0.3) is 0 Å². The molecule has 2 N–H and O–H groups in total. The Morgan fingerprint density at radius 2 is 2.06 bits per heavy atom. The molecule has 0 aliphatic rings. The van der Waals surface area contributed by atoms with Crippen LogP contribution in [0.2, 0.25) is 0 Å². The summed E-state index contributed by atoms with van der Waals surface area (Å²) in [6.45, 7) is 1.78. The summed E-state index contributed by atoms with van der Waals surface area (Å²) in [5.74, 6) is -1.78. The summed E-state index contributed by atoms with van der Waals surface area (Å²) >= 11 is 1.16. The van der Waals surface area contributed by atoms with Crippen LogP contribution in [0.5, 0.6) is 0 Å². The minimum Gasteiger partial charge on any atom is -0.319 e. The van der Waals surface area contributed by atoms with Crippen LogP contribution in [0.3, 0.4) is 0 Å². The van der Waals surface area contributed by atoms with Crippen LogP contribution in [0.1, 0.15) is 22.2 Å². The van der Waals surface area contributed by atoms with Crippen LogP contribution in [-0.4, -0.2) is 9.59 Å². The zero-order chi connectivity index (χ0) is 11.7. The predicted octanol–water partition coefficient (Wildman–Crippen LogP) is 2.17. The first-order valence-electron chi connectivity index (χ1n) is 4.59. The predicted molar refractivity (Wildman–Crippen MR) is 57.0 cm³/mol. The van der Waals surface area contributed by atoms with Crippen molar-refractivity contribution in [2.24, 2.45) is 5.73 Å². The van der Waals surface area contributed by atoms with Crippen molar-refractivity contribution in [1.29, 1.82) is 0 Å². The van der Waals surface area contributed by atoms with Crippen molar-refractivity contribution in [2.75, 3.05) is 0 Å². The number of aromatic nitrogens is 2. The van der Waals surface area contributed by atoms with Crippen molar-refractivity contribution < 1.29 is 8.78 Å². The van der Waals surface area contributed by atoms with Gasteiger partial charge in [-0.3, -0.25) is 0 Å². The maximum absolute atomic E-state index is 13.0. The molecule has 0 bridgehead atoms. The molecule has 1 aromatic heterocycles. The van der Waals surface area contributed by atoms with Crippen molar-refractivity contribution >= 4 is 11.5 Å². The Morgan fingerprint density at radius 3 is 2.62 bits per heavy atom. The van der Waals surface area contributed by atoms with Crippen LogP contribution in [-0.2, 0) is 0 Å². The Labute approximate surface area is 95.1 Å². The molecule has 1 atom stereocenters. The zero-order valence-corrected chi connectivity index (χ0v) is 9.26. The molecule has 3 nitrogen and oxygen atoms in total. The molecule has 0 aliphatic carbocycles. The lowest BCUT2D eigenvalue weighted by Crippen LogP contribution is -2.12. The molecular formula is C10H9F2N3S. The van der Waals surface area contributed by atoms with Crippen LogP contribution >= 0.6 is 11.5 Å². The lowest BCUT2D eigenvalue weighted by Gasteiger charge is -2.10. The number of halogens is 2. The Morgan fingerprint density at radius 1 is 1.31 bits per heavy atom. The third kappa shape index (κ3) is 1.94. The molecule has 0 saturated carbocycles. The van der Waals surface area contributed by atoms with E-state index in [-0.39, 0.29) is 0 Å². The number of nitrogens with two attached hydrogens (primary N) is 1. The molecule has 6 heteroatoms. The third-order valence-electron chi connectivity index (χ3n) is 2.27. The Bertz CT molecular complexity index is 513. The first-order valence-corrected chi connectivity index (χ1v) is 5.36. The summed E-state index contributed by atoms with van der Waals surface area (Å²) in [6.07, 6.45) is 0. The maximum Gasteiger partial charge on any atom is 0.159 e. The van der Waals surface area contributed by atoms with Crippen molar-refractivity contribution in [1.82, 2.24) is 9.59 Å². The zero-order valence-electron chi connectivity index (χ0n) is 8.45.